The molecule has 2 atom stereocenters. The van der Waals surface area contributed by atoms with Gasteiger partial charge in [0.15, 0.2) is 0 Å². The molecule has 9 heteroatoms. The van der Waals surface area contributed by atoms with Crippen LogP contribution in [-0.4, -0.2) is 45.9 Å². The van der Waals surface area contributed by atoms with Gasteiger partial charge in [-0.3, -0.25) is 14.4 Å². The van der Waals surface area contributed by atoms with Crippen LogP contribution < -0.4 is 16.4 Å². The Morgan fingerprint density at radius 2 is 1.57 bits per heavy atom. The van der Waals surface area contributed by atoms with Gasteiger partial charge >= 0.3 is 6.09 Å². The number of aryl methyl sites for hydroxylation is 3. The van der Waals surface area contributed by atoms with Gasteiger partial charge in [0.25, 0.3) is 5.91 Å². The molecular formula is C31H44N4O5. The highest BCUT2D eigenvalue weighted by molar-refractivity contribution is 6.00. The first-order chi connectivity index (χ1) is 18.5. The van der Waals surface area contributed by atoms with E-state index in [1.54, 1.807) is 26.8 Å². The van der Waals surface area contributed by atoms with Crippen LogP contribution in [0.3, 0.4) is 0 Å². The molecule has 0 aliphatic rings. The number of hydrogen-bond donors (Lipinski definition) is 3. The molecule has 0 aliphatic carbocycles. The van der Waals surface area contributed by atoms with Gasteiger partial charge in [-0.05, 0) is 84.6 Å². The van der Waals surface area contributed by atoms with Gasteiger partial charge in [-0.1, -0.05) is 48.9 Å². The van der Waals surface area contributed by atoms with E-state index >= 15 is 0 Å². The maximum absolute atomic E-state index is 14.4. The fourth-order valence-electron chi connectivity index (χ4n) is 4.41. The summed E-state index contributed by atoms with van der Waals surface area (Å²) in [7, 11) is 0. The molecule has 40 heavy (non-hydrogen) atoms. The largest absolute Gasteiger partial charge is 0.444 e. The van der Waals surface area contributed by atoms with Crippen LogP contribution in [0.5, 0.6) is 0 Å². The van der Waals surface area contributed by atoms with Crippen LogP contribution in [0.25, 0.3) is 0 Å². The molecule has 0 fully saturated rings. The third kappa shape index (κ3) is 8.56. The second-order valence-electron chi connectivity index (χ2n) is 11.8. The van der Waals surface area contributed by atoms with E-state index in [4.69, 9.17) is 10.5 Å². The van der Waals surface area contributed by atoms with E-state index in [1.165, 1.54) is 4.90 Å². The van der Waals surface area contributed by atoms with Crippen molar-refractivity contribution in [1.29, 1.82) is 0 Å². The number of alkyl carbamates (subject to hydrolysis) is 1. The van der Waals surface area contributed by atoms with Crippen LogP contribution in [0.4, 0.5) is 10.5 Å². The number of benzene rings is 2. The van der Waals surface area contributed by atoms with Gasteiger partial charge in [0.2, 0.25) is 11.8 Å². The van der Waals surface area contributed by atoms with Gasteiger partial charge < -0.3 is 26.0 Å². The van der Waals surface area contributed by atoms with Crippen molar-refractivity contribution in [2.45, 2.75) is 98.4 Å². The Morgan fingerprint density at radius 3 is 2.10 bits per heavy atom. The summed E-state index contributed by atoms with van der Waals surface area (Å²) >= 11 is 0. The standard InChI is InChI=1S/C31H44N4O5/c1-10-31(8,9)35(28(38)24(18-25(32)36)34-29(39)40-30(5,6)7)26(22-16-15-19(2)17-21(22)4)27(37)33-23-14-12-11-13-20(23)3/h11-17,24,26H,10,18H2,1-9H3,(H2,32,36)(H,33,37)(H,34,39). The molecule has 0 radical (unpaired) electrons. The van der Waals surface area contributed by atoms with Gasteiger partial charge in [0.05, 0.1) is 6.42 Å². The number of rotatable bonds is 10. The Kier molecular flexibility index (Phi) is 10.5. The molecule has 0 bridgehead atoms. The van der Waals surface area contributed by atoms with E-state index in [1.807, 2.05) is 77.9 Å². The topological polar surface area (TPSA) is 131 Å². The van der Waals surface area contributed by atoms with Crippen molar-refractivity contribution in [1.82, 2.24) is 10.2 Å². The molecule has 0 heterocycles. The Bertz CT molecular complexity index is 1250. The van der Waals surface area contributed by atoms with Crippen LogP contribution >= 0.6 is 0 Å². The van der Waals surface area contributed by atoms with Crippen molar-refractivity contribution in [2.75, 3.05) is 5.32 Å². The molecule has 9 nitrogen and oxygen atoms in total. The van der Waals surface area contributed by atoms with Crippen molar-refractivity contribution >= 4 is 29.5 Å². The van der Waals surface area contributed by atoms with E-state index in [0.29, 0.717) is 17.7 Å². The molecule has 2 unspecified atom stereocenters. The zero-order valence-electron chi connectivity index (χ0n) is 25.2. The molecule has 4 N–H and O–H groups in total. The summed E-state index contributed by atoms with van der Waals surface area (Å²) in [4.78, 5) is 54.7. The Hall–Kier alpha value is -3.88. The predicted molar refractivity (Wildman–Crippen MR) is 157 cm³/mol. The molecule has 0 aliphatic heterocycles. The minimum absolute atomic E-state index is 0.425. The smallest absolute Gasteiger partial charge is 0.408 e. The average molecular weight is 553 g/mol. The highest BCUT2D eigenvalue weighted by atomic mass is 16.6. The first kappa shape index (κ1) is 32.3. The van der Waals surface area contributed by atoms with Crippen LogP contribution in [0.2, 0.25) is 0 Å². The fraction of sp³-hybridized carbons (Fsp3) is 0.484. The molecule has 2 aromatic rings. The molecular weight excluding hydrogens is 508 g/mol. The van der Waals surface area contributed by atoms with Crippen LogP contribution in [-0.2, 0) is 19.1 Å². The number of para-hydroxylation sites is 1. The van der Waals surface area contributed by atoms with E-state index in [-0.39, 0.29) is 0 Å². The van der Waals surface area contributed by atoms with Crippen molar-refractivity contribution < 1.29 is 23.9 Å². The summed E-state index contributed by atoms with van der Waals surface area (Å²) in [5.74, 6) is -1.83. The Labute approximate surface area is 237 Å². The molecule has 0 saturated carbocycles. The number of nitrogens with one attached hydrogen (secondary N) is 2. The monoisotopic (exact) mass is 552 g/mol. The van der Waals surface area contributed by atoms with E-state index in [0.717, 1.165) is 16.7 Å². The number of carbonyl (C=O) groups is 4. The lowest BCUT2D eigenvalue weighted by atomic mass is 9.89. The van der Waals surface area contributed by atoms with Gasteiger partial charge in [-0.25, -0.2) is 4.79 Å². The first-order valence-electron chi connectivity index (χ1n) is 13.5. The minimum Gasteiger partial charge on any atom is -0.444 e. The normalized spacial score (nSPS) is 13.1. The van der Waals surface area contributed by atoms with Crippen molar-refractivity contribution in [3.63, 3.8) is 0 Å². The average Bonchev–Trinajstić information content (AvgIpc) is 2.82. The fourth-order valence-corrected chi connectivity index (χ4v) is 4.41. The van der Waals surface area contributed by atoms with E-state index in [2.05, 4.69) is 10.6 Å². The predicted octanol–water partition coefficient (Wildman–Crippen LogP) is 5.08. The number of primary amides is 1. The molecule has 4 amide bonds. The summed E-state index contributed by atoms with van der Waals surface area (Å²) in [6.45, 7) is 16.4. The van der Waals surface area contributed by atoms with Crippen molar-refractivity contribution in [3.05, 3.63) is 64.7 Å². The van der Waals surface area contributed by atoms with Gasteiger partial charge in [0.1, 0.15) is 17.7 Å². The molecule has 0 spiro atoms. The van der Waals surface area contributed by atoms with E-state index in [9.17, 15) is 19.2 Å². The first-order valence-corrected chi connectivity index (χ1v) is 13.5. The summed E-state index contributed by atoms with van der Waals surface area (Å²) in [5.41, 5.74) is 7.73. The lowest BCUT2D eigenvalue weighted by molar-refractivity contribution is -0.148. The molecule has 0 aromatic heterocycles. The maximum Gasteiger partial charge on any atom is 0.408 e. The van der Waals surface area contributed by atoms with Gasteiger partial charge in [0, 0.05) is 11.2 Å². The second kappa shape index (κ2) is 13.0. The number of carbonyl (C=O) groups excluding carboxylic acids is 4. The number of nitrogens with two attached hydrogens (primary N) is 1. The minimum atomic E-state index is -1.35. The third-order valence-corrected chi connectivity index (χ3v) is 6.78. The molecule has 2 aromatic carbocycles. The summed E-state index contributed by atoms with van der Waals surface area (Å²) < 4.78 is 5.36. The highest BCUT2D eigenvalue weighted by Gasteiger charge is 2.44. The van der Waals surface area contributed by atoms with E-state index < -0.39 is 53.5 Å². The lowest BCUT2D eigenvalue weighted by Gasteiger charge is -2.45. The summed E-state index contributed by atoms with van der Waals surface area (Å²) in [6.07, 6.45) is -0.852. The Morgan fingerprint density at radius 1 is 0.950 bits per heavy atom. The summed E-state index contributed by atoms with van der Waals surface area (Å²) in [6, 6.07) is 10.6. The van der Waals surface area contributed by atoms with Crippen LogP contribution in [0.15, 0.2) is 42.5 Å². The van der Waals surface area contributed by atoms with Crippen molar-refractivity contribution in [3.8, 4) is 0 Å². The SMILES string of the molecule is CCC(C)(C)N(C(=O)C(CC(N)=O)NC(=O)OC(C)(C)C)C(C(=O)Nc1ccccc1C)c1ccc(C)cc1C. The number of anilines is 1. The quantitative estimate of drug-likeness (QED) is 0.378. The molecule has 2 rings (SSSR count). The second-order valence-corrected chi connectivity index (χ2v) is 11.8. The Balaban J connectivity index is 2.71. The number of ether oxygens (including phenoxy) is 1. The number of hydrogen-bond acceptors (Lipinski definition) is 5. The number of nitrogens with zero attached hydrogens (tertiary/aromatic N) is 1. The summed E-state index contributed by atoms with van der Waals surface area (Å²) in [5, 5.41) is 5.52. The van der Waals surface area contributed by atoms with Crippen molar-refractivity contribution in [2.24, 2.45) is 5.73 Å². The highest BCUT2D eigenvalue weighted by Crippen LogP contribution is 2.35. The number of amides is 4. The maximum atomic E-state index is 14.4. The van der Waals surface area contributed by atoms with Crippen LogP contribution in [0, 0.1) is 20.8 Å². The third-order valence-electron chi connectivity index (χ3n) is 6.78. The van der Waals surface area contributed by atoms with Crippen LogP contribution in [0.1, 0.15) is 82.7 Å². The van der Waals surface area contributed by atoms with Gasteiger partial charge in [-0.15, -0.1) is 0 Å². The molecule has 0 saturated heterocycles. The zero-order valence-corrected chi connectivity index (χ0v) is 25.2. The zero-order chi connectivity index (χ0) is 30.4. The van der Waals surface area contributed by atoms with Gasteiger partial charge in [-0.2, -0.15) is 0 Å². The lowest BCUT2D eigenvalue weighted by Crippen LogP contribution is -2.59. The molecule has 218 valence electrons.